The van der Waals surface area contributed by atoms with E-state index in [1.165, 1.54) is 5.56 Å². The molecule has 1 rings (SSSR count). The Morgan fingerprint density at radius 2 is 1.68 bits per heavy atom. The lowest BCUT2D eigenvalue weighted by Crippen LogP contribution is -2.43. The fourth-order valence-electron chi connectivity index (χ4n) is 2.26. The molecule has 1 N–H and O–H groups in total. The third-order valence-electron chi connectivity index (χ3n) is 3.66. The van der Waals surface area contributed by atoms with Crippen LogP contribution in [0.3, 0.4) is 0 Å². The molecule has 0 aliphatic rings. The Labute approximate surface area is 118 Å². The van der Waals surface area contributed by atoms with Crippen LogP contribution in [0, 0.1) is 0 Å². The summed E-state index contributed by atoms with van der Waals surface area (Å²) in [4.78, 5) is 4.66. The molecule has 1 aromatic rings. The van der Waals surface area contributed by atoms with Crippen LogP contribution >= 0.6 is 0 Å². The molecule has 0 spiro atoms. The molecule has 2 atom stereocenters. The number of likely N-dealkylation sites (N-methyl/N-ethyl adjacent to an activating group) is 3. The molecule has 0 aliphatic carbocycles. The monoisotopic (exact) mass is 263 g/mol. The standard InChI is InChI=1S/C16H29N3/c1-6-17-16(15-10-8-7-9-11-15)14(2)19(5)13-12-18(3)4/h7-11,14,16-17H,6,12-13H2,1-5H3. The second-order valence-electron chi connectivity index (χ2n) is 5.47. The molecule has 0 saturated heterocycles. The largest absolute Gasteiger partial charge is 0.309 e. The number of nitrogens with zero attached hydrogens (tertiary/aromatic N) is 2. The van der Waals surface area contributed by atoms with Gasteiger partial charge in [-0.1, -0.05) is 37.3 Å². The van der Waals surface area contributed by atoms with Gasteiger partial charge in [-0.15, -0.1) is 0 Å². The molecule has 0 heterocycles. The number of hydrogen-bond donors (Lipinski definition) is 1. The van der Waals surface area contributed by atoms with Gasteiger partial charge in [0.2, 0.25) is 0 Å². The minimum absolute atomic E-state index is 0.387. The van der Waals surface area contributed by atoms with Gasteiger partial charge in [0.15, 0.2) is 0 Å². The van der Waals surface area contributed by atoms with Gasteiger partial charge in [-0.3, -0.25) is 0 Å². The van der Waals surface area contributed by atoms with Crippen molar-refractivity contribution < 1.29 is 0 Å². The molecule has 0 fully saturated rings. The highest BCUT2D eigenvalue weighted by Gasteiger charge is 2.21. The Morgan fingerprint density at radius 1 is 1.05 bits per heavy atom. The molecule has 3 heteroatoms. The summed E-state index contributed by atoms with van der Waals surface area (Å²) in [5.41, 5.74) is 1.37. The Hall–Kier alpha value is -0.900. The molecule has 1 aromatic carbocycles. The summed E-state index contributed by atoms with van der Waals surface area (Å²) in [5.74, 6) is 0. The van der Waals surface area contributed by atoms with Gasteiger partial charge in [0.05, 0.1) is 0 Å². The van der Waals surface area contributed by atoms with Crippen LogP contribution in [-0.2, 0) is 0 Å². The van der Waals surface area contributed by atoms with Crippen LogP contribution in [0.2, 0.25) is 0 Å². The first-order valence-electron chi connectivity index (χ1n) is 7.19. The van der Waals surface area contributed by atoms with Crippen LogP contribution in [0.25, 0.3) is 0 Å². The van der Waals surface area contributed by atoms with Gasteiger partial charge in [-0.25, -0.2) is 0 Å². The van der Waals surface area contributed by atoms with E-state index in [9.17, 15) is 0 Å². The first-order chi connectivity index (χ1) is 9.06. The van der Waals surface area contributed by atoms with Crippen molar-refractivity contribution in [3.8, 4) is 0 Å². The minimum Gasteiger partial charge on any atom is -0.309 e. The summed E-state index contributed by atoms with van der Waals surface area (Å²) >= 11 is 0. The first kappa shape index (κ1) is 16.2. The minimum atomic E-state index is 0.387. The van der Waals surface area contributed by atoms with Gasteiger partial charge in [0, 0.05) is 25.2 Å². The van der Waals surface area contributed by atoms with E-state index in [0.717, 1.165) is 19.6 Å². The summed E-state index contributed by atoms with van der Waals surface area (Å²) < 4.78 is 0. The highest BCUT2D eigenvalue weighted by atomic mass is 15.2. The van der Waals surface area contributed by atoms with Gasteiger partial charge >= 0.3 is 0 Å². The van der Waals surface area contributed by atoms with Crippen LogP contribution in [0.1, 0.15) is 25.5 Å². The van der Waals surface area contributed by atoms with Crippen LogP contribution in [0.5, 0.6) is 0 Å². The first-order valence-corrected chi connectivity index (χ1v) is 7.19. The Balaban J connectivity index is 2.70. The van der Waals surface area contributed by atoms with Crippen LogP contribution < -0.4 is 5.32 Å². The quantitative estimate of drug-likeness (QED) is 0.776. The van der Waals surface area contributed by atoms with Crippen LogP contribution in [-0.4, -0.2) is 56.6 Å². The van der Waals surface area contributed by atoms with Gasteiger partial charge in [-0.2, -0.15) is 0 Å². The maximum atomic E-state index is 3.61. The molecule has 19 heavy (non-hydrogen) atoms. The highest BCUT2D eigenvalue weighted by molar-refractivity contribution is 5.20. The van der Waals surface area contributed by atoms with E-state index in [-0.39, 0.29) is 0 Å². The normalized spacial score (nSPS) is 14.9. The average molecular weight is 263 g/mol. The van der Waals surface area contributed by atoms with Crippen molar-refractivity contribution in [1.29, 1.82) is 0 Å². The Bertz CT molecular complexity index is 337. The van der Waals surface area contributed by atoms with E-state index >= 15 is 0 Å². The molecule has 108 valence electrons. The smallest absolute Gasteiger partial charge is 0.0475 e. The summed E-state index contributed by atoms with van der Waals surface area (Å²) in [7, 11) is 6.45. The molecule has 0 aliphatic heterocycles. The van der Waals surface area contributed by atoms with E-state index in [4.69, 9.17) is 0 Å². The molecular formula is C16H29N3. The van der Waals surface area contributed by atoms with Crippen molar-refractivity contribution >= 4 is 0 Å². The third kappa shape index (κ3) is 5.31. The van der Waals surface area contributed by atoms with Crippen molar-refractivity contribution in [2.24, 2.45) is 0 Å². The van der Waals surface area contributed by atoms with E-state index in [1.807, 2.05) is 0 Å². The van der Waals surface area contributed by atoms with Crippen LogP contribution in [0.4, 0.5) is 0 Å². The van der Waals surface area contributed by atoms with E-state index < -0.39 is 0 Å². The van der Waals surface area contributed by atoms with E-state index in [2.05, 4.69) is 80.4 Å². The predicted octanol–water partition coefficient (Wildman–Crippen LogP) is 2.22. The topological polar surface area (TPSA) is 18.5 Å². The second kappa shape index (κ2) is 8.31. The summed E-state index contributed by atoms with van der Waals surface area (Å²) in [6, 6.07) is 11.6. The maximum Gasteiger partial charge on any atom is 0.0475 e. The number of rotatable bonds is 8. The van der Waals surface area contributed by atoms with Crippen molar-refractivity contribution in [3.63, 3.8) is 0 Å². The summed E-state index contributed by atoms with van der Waals surface area (Å²) in [6.45, 7) is 7.64. The van der Waals surface area contributed by atoms with Gasteiger partial charge in [-0.05, 0) is 40.2 Å². The number of nitrogens with one attached hydrogen (secondary N) is 1. The lowest BCUT2D eigenvalue weighted by Gasteiger charge is -2.33. The van der Waals surface area contributed by atoms with Crippen molar-refractivity contribution in [1.82, 2.24) is 15.1 Å². The van der Waals surface area contributed by atoms with Gasteiger partial charge in [0.1, 0.15) is 0 Å². The summed E-state index contributed by atoms with van der Waals surface area (Å²) in [6.07, 6.45) is 0. The molecule has 0 bridgehead atoms. The van der Waals surface area contributed by atoms with Crippen molar-refractivity contribution in [3.05, 3.63) is 35.9 Å². The van der Waals surface area contributed by atoms with Crippen molar-refractivity contribution in [2.75, 3.05) is 40.8 Å². The number of hydrogen-bond acceptors (Lipinski definition) is 3. The maximum absolute atomic E-state index is 3.61. The number of benzene rings is 1. The fourth-order valence-corrected chi connectivity index (χ4v) is 2.26. The molecule has 2 unspecified atom stereocenters. The predicted molar refractivity (Wildman–Crippen MR) is 83.5 cm³/mol. The fraction of sp³-hybridized carbons (Fsp3) is 0.625. The van der Waals surface area contributed by atoms with Gasteiger partial charge < -0.3 is 15.1 Å². The molecule has 3 nitrogen and oxygen atoms in total. The molecule has 0 saturated carbocycles. The zero-order valence-corrected chi connectivity index (χ0v) is 13.1. The Morgan fingerprint density at radius 3 is 2.21 bits per heavy atom. The van der Waals surface area contributed by atoms with E-state index in [1.54, 1.807) is 0 Å². The second-order valence-corrected chi connectivity index (χ2v) is 5.47. The molecule has 0 amide bonds. The molecule has 0 radical (unpaired) electrons. The van der Waals surface area contributed by atoms with Crippen LogP contribution in [0.15, 0.2) is 30.3 Å². The third-order valence-corrected chi connectivity index (χ3v) is 3.66. The van der Waals surface area contributed by atoms with Gasteiger partial charge in [0.25, 0.3) is 0 Å². The van der Waals surface area contributed by atoms with E-state index in [0.29, 0.717) is 12.1 Å². The zero-order chi connectivity index (χ0) is 14.3. The lowest BCUT2D eigenvalue weighted by molar-refractivity contribution is 0.190. The highest BCUT2D eigenvalue weighted by Crippen LogP contribution is 2.19. The summed E-state index contributed by atoms with van der Waals surface area (Å²) in [5, 5.41) is 3.61. The zero-order valence-electron chi connectivity index (χ0n) is 13.1. The lowest BCUT2D eigenvalue weighted by atomic mass is 9.99. The Kier molecular flexibility index (Phi) is 7.06. The molecule has 0 aromatic heterocycles. The molecular weight excluding hydrogens is 234 g/mol. The average Bonchev–Trinajstić information content (AvgIpc) is 2.42. The van der Waals surface area contributed by atoms with Crippen molar-refractivity contribution in [2.45, 2.75) is 25.9 Å². The SMILES string of the molecule is CCNC(c1ccccc1)C(C)N(C)CCN(C)C.